The van der Waals surface area contributed by atoms with Crippen LogP contribution >= 0.6 is 0 Å². The molecule has 18 heavy (non-hydrogen) atoms. The number of benzene rings is 1. The van der Waals surface area contributed by atoms with Crippen molar-refractivity contribution < 1.29 is 9.13 Å². The highest BCUT2D eigenvalue weighted by atomic mass is 19.1. The minimum Gasteiger partial charge on any atom is -0.496 e. The Kier molecular flexibility index (Phi) is 4.19. The number of halogens is 1. The fourth-order valence-electron chi connectivity index (χ4n) is 2.75. The van der Waals surface area contributed by atoms with Crippen LogP contribution in [0, 0.1) is 11.7 Å². The predicted molar refractivity (Wildman–Crippen MR) is 70.0 cm³/mol. The smallest absolute Gasteiger partial charge is 0.123 e. The van der Waals surface area contributed by atoms with E-state index in [1.54, 1.807) is 19.2 Å². The predicted octanol–water partition coefficient (Wildman–Crippen LogP) is 2.00. The Bertz CT molecular complexity index is 401. The Morgan fingerprint density at radius 2 is 2.22 bits per heavy atom. The molecule has 3 nitrogen and oxygen atoms in total. The summed E-state index contributed by atoms with van der Waals surface area (Å²) in [6, 6.07) is 4.86. The first-order valence-electron chi connectivity index (χ1n) is 6.39. The molecule has 0 radical (unpaired) electrons. The van der Waals surface area contributed by atoms with Gasteiger partial charge in [-0.1, -0.05) is 6.92 Å². The van der Waals surface area contributed by atoms with Crippen molar-refractivity contribution >= 4 is 0 Å². The van der Waals surface area contributed by atoms with Crippen LogP contribution in [0.15, 0.2) is 18.2 Å². The largest absolute Gasteiger partial charge is 0.496 e. The number of nitrogens with two attached hydrogens (primary N) is 1. The van der Waals surface area contributed by atoms with Crippen LogP contribution in [0.3, 0.4) is 0 Å². The lowest BCUT2D eigenvalue weighted by Crippen LogP contribution is -2.45. The van der Waals surface area contributed by atoms with E-state index >= 15 is 0 Å². The SMILES string of the molecule is COc1ccc(F)cc1CN1CC(C)CC(N)C1. The lowest BCUT2D eigenvalue weighted by atomic mass is 9.96. The van der Waals surface area contributed by atoms with Crippen LogP contribution in [-0.2, 0) is 6.54 Å². The summed E-state index contributed by atoms with van der Waals surface area (Å²) in [4.78, 5) is 2.27. The Balaban J connectivity index is 2.10. The maximum absolute atomic E-state index is 13.3. The lowest BCUT2D eigenvalue weighted by Gasteiger charge is -2.35. The Labute approximate surface area is 108 Å². The van der Waals surface area contributed by atoms with Crippen LogP contribution < -0.4 is 10.5 Å². The quantitative estimate of drug-likeness (QED) is 0.894. The number of likely N-dealkylation sites (tertiary alicyclic amines) is 1. The maximum atomic E-state index is 13.3. The molecule has 1 fully saturated rings. The van der Waals surface area contributed by atoms with Crippen molar-refractivity contribution in [1.29, 1.82) is 0 Å². The van der Waals surface area contributed by atoms with E-state index in [4.69, 9.17) is 10.5 Å². The third-order valence-electron chi connectivity index (χ3n) is 3.40. The van der Waals surface area contributed by atoms with E-state index in [1.165, 1.54) is 6.07 Å². The second-order valence-electron chi connectivity index (χ2n) is 5.25. The molecule has 2 rings (SSSR count). The minimum absolute atomic E-state index is 0.216. The Hall–Kier alpha value is -1.13. The summed E-state index contributed by atoms with van der Waals surface area (Å²) >= 11 is 0. The Morgan fingerprint density at radius 3 is 2.89 bits per heavy atom. The molecule has 4 heteroatoms. The molecule has 1 aromatic carbocycles. The van der Waals surface area contributed by atoms with Gasteiger partial charge in [-0.2, -0.15) is 0 Å². The summed E-state index contributed by atoms with van der Waals surface area (Å²) in [5.41, 5.74) is 6.91. The molecule has 0 spiro atoms. The van der Waals surface area contributed by atoms with E-state index in [2.05, 4.69) is 11.8 Å². The second kappa shape index (κ2) is 5.67. The molecule has 2 unspecified atom stereocenters. The number of hydrogen-bond donors (Lipinski definition) is 1. The molecule has 0 amide bonds. The first-order valence-corrected chi connectivity index (χ1v) is 6.39. The summed E-state index contributed by atoms with van der Waals surface area (Å²) in [6.07, 6.45) is 1.07. The molecule has 2 atom stereocenters. The highest BCUT2D eigenvalue weighted by Crippen LogP contribution is 2.23. The van der Waals surface area contributed by atoms with E-state index in [1.807, 2.05) is 0 Å². The van der Waals surface area contributed by atoms with Crippen molar-refractivity contribution in [3.05, 3.63) is 29.6 Å². The maximum Gasteiger partial charge on any atom is 0.123 e. The first kappa shape index (κ1) is 13.3. The molecule has 0 aromatic heterocycles. The minimum atomic E-state index is -0.222. The highest BCUT2D eigenvalue weighted by molar-refractivity contribution is 5.33. The molecular formula is C14H21FN2O. The molecule has 1 heterocycles. The standard InChI is InChI=1S/C14H21FN2O/c1-10-5-13(16)9-17(7-10)8-11-6-12(15)3-4-14(11)18-2/h3-4,6,10,13H,5,7-9,16H2,1-2H3. The average molecular weight is 252 g/mol. The topological polar surface area (TPSA) is 38.5 Å². The van der Waals surface area contributed by atoms with Gasteiger partial charge >= 0.3 is 0 Å². The van der Waals surface area contributed by atoms with Gasteiger partial charge in [0.2, 0.25) is 0 Å². The van der Waals surface area contributed by atoms with Gasteiger partial charge in [-0.15, -0.1) is 0 Å². The zero-order valence-electron chi connectivity index (χ0n) is 11.0. The van der Waals surface area contributed by atoms with Gasteiger partial charge in [0.15, 0.2) is 0 Å². The van der Waals surface area contributed by atoms with Crippen molar-refractivity contribution in [1.82, 2.24) is 4.90 Å². The van der Waals surface area contributed by atoms with Crippen LogP contribution in [0.5, 0.6) is 5.75 Å². The van der Waals surface area contributed by atoms with Crippen molar-refractivity contribution in [2.24, 2.45) is 11.7 Å². The zero-order chi connectivity index (χ0) is 13.1. The van der Waals surface area contributed by atoms with E-state index in [0.29, 0.717) is 12.5 Å². The van der Waals surface area contributed by atoms with Gasteiger partial charge in [0.1, 0.15) is 11.6 Å². The lowest BCUT2D eigenvalue weighted by molar-refractivity contribution is 0.157. The zero-order valence-corrected chi connectivity index (χ0v) is 11.0. The number of ether oxygens (including phenoxy) is 1. The molecule has 1 saturated heterocycles. The molecule has 100 valence electrons. The van der Waals surface area contributed by atoms with Crippen LogP contribution in [0.2, 0.25) is 0 Å². The van der Waals surface area contributed by atoms with Gasteiger partial charge in [-0.3, -0.25) is 4.90 Å². The molecular weight excluding hydrogens is 231 g/mol. The number of rotatable bonds is 3. The summed E-state index contributed by atoms with van der Waals surface area (Å²) in [5, 5.41) is 0. The molecule has 2 N–H and O–H groups in total. The summed E-state index contributed by atoms with van der Waals surface area (Å²) in [5.74, 6) is 1.11. The second-order valence-corrected chi connectivity index (χ2v) is 5.25. The monoisotopic (exact) mass is 252 g/mol. The van der Waals surface area contributed by atoms with Gasteiger partial charge in [0.25, 0.3) is 0 Å². The molecule has 0 bridgehead atoms. The number of piperidine rings is 1. The summed E-state index contributed by atoms with van der Waals surface area (Å²) in [6.45, 7) is 4.77. The first-order chi connectivity index (χ1) is 8.58. The van der Waals surface area contributed by atoms with Crippen LogP contribution in [-0.4, -0.2) is 31.1 Å². The fourth-order valence-corrected chi connectivity index (χ4v) is 2.75. The average Bonchev–Trinajstić information content (AvgIpc) is 2.27. The van der Waals surface area contributed by atoms with Gasteiger partial charge in [0, 0.05) is 31.2 Å². The van der Waals surface area contributed by atoms with Crippen LogP contribution in [0.1, 0.15) is 18.9 Å². The van der Waals surface area contributed by atoms with Crippen LogP contribution in [0.4, 0.5) is 4.39 Å². The number of methoxy groups -OCH3 is 1. The normalized spacial score (nSPS) is 25.1. The van der Waals surface area contributed by atoms with E-state index in [0.717, 1.165) is 30.8 Å². The number of hydrogen-bond acceptors (Lipinski definition) is 3. The third-order valence-corrected chi connectivity index (χ3v) is 3.40. The molecule has 1 aromatic rings. The van der Waals surface area contributed by atoms with E-state index in [-0.39, 0.29) is 11.9 Å². The van der Waals surface area contributed by atoms with Crippen molar-refractivity contribution in [3.8, 4) is 5.75 Å². The molecule has 1 aliphatic rings. The van der Waals surface area contributed by atoms with E-state index < -0.39 is 0 Å². The van der Waals surface area contributed by atoms with Gasteiger partial charge in [-0.05, 0) is 30.5 Å². The molecule has 0 aliphatic carbocycles. The summed E-state index contributed by atoms with van der Waals surface area (Å²) < 4.78 is 18.6. The van der Waals surface area contributed by atoms with Crippen molar-refractivity contribution in [2.75, 3.05) is 20.2 Å². The third kappa shape index (κ3) is 3.21. The van der Waals surface area contributed by atoms with Crippen molar-refractivity contribution in [3.63, 3.8) is 0 Å². The summed E-state index contributed by atoms with van der Waals surface area (Å²) in [7, 11) is 1.61. The Morgan fingerprint density at radius 1 is 1.44 bits per heavy atom. The van der Waals surface area contributed by atoms with Crippen molar-refractivity contribution in [2.45, 2.75) is 25.9 Å². The van der Waals surface area contributed by atoms with Gasteiger partial charge in [0.05, 0.1) is 7.11 Å². The van der Waals surface area contributed by atoms with E-state index in [9.17, 15) is 4.39 Å². The highest BCUT2D eigenvalue weighted by Gasteiger charge is 2.22. The van der Waals surface area contributed by atoms with Gasteiger partial charge in [-0.25, -0.2) is 4.39 Å². The molecule has 1 aliphatic heterocycles. The molecule has 0 saturated carbocycles. The number of nitrogens with zero attached hydrogens (tertiary/aromatic N) is 1. The fraction of sp³-hybridized carbons (Fsp3) is 0.571. The van der Waals surface area contributed by atoms with Gasteiger partial charge < -0.3 is 10.5 Å². The van der Waals surface area contributed by atoms with Crippen LogP contribution in [0.25, 0.3) is 0 Å².